The first-order valence-electron chi connectivity index (χ1n) is 8.39. The van der Waals surface area contributed by atoms with Gasteiger partial charge in [0.1, 0.15) is 0 Å². The minimum atomic E-state index is -0.452. The Bertz CT molecular complexity index is 726. The summed E-state index contributed by atoms with van der Waals surface area (Å²) in [4.78, 5) is 12.3. The number of anilines is 1. The van der Waals surface area contributed by atoms with Crippen molar-refractivity contribution in [3.05, 3.63) is 36.0 Å². The molecule has 1 aliphatic rings. The number of carbonyl (C=O) groups is 1. The third kappa shape index (κ3) is 3.59. The van der Waals surface area contributed by atoms with Crippen LogP contribution in [0, 0.1) is 6.92 Å². The second-order valence-corrected chi connectivity index (χ2v) is 6.43. The Morgan fingerprint density at radius 3 is 2.79 bits per heavy atom. The fraction of sp³-hybridized carbons (Fsp3) is 0.444. The number of nitrogens with zero attached hydrogens (tertiary/aromatic N) is 2. The maximum Gasteiger partial charge on any atom is 0.319 e. The Labute approximate surface area is 141 Å². The maximum absolute atomic E-state index is 12.3. The number of rotatable bonds is 3. The summed E-state index contributed by atoms with van der Waals surface area (Å²) in [7, 11) is 1.89. The van der Waals surface area contributed by atoms with Crippen LogP contribution in [0.4, 0.5) is 10.5 Å². The van der Waals surface area contributed by atoms with E-state index in [-0.39, 0.29) is 12.1 Å². The molecule has 3 rings (SSSR count). The molecule has 0 bridgehead atoms. The van der Waals surface area contributed by atoms with Gasteiger partial charge in [0.15, 0.2) is 0 Å². The molecule has 6 nitrogen and oxygen atoms in total. The van der Waals surface area contributed by atoms with Gasteiger partial charge in [0.25, 0.3) is 0 Å². The van der Waals surface area contributed by atoms with E-state index < -0.39 is 6.10 Å². The highest BCUT2D eigenvalue weighted by molar-refractivity contribution is 5.91. The summed E-state index contributed by atoms with van der Waals surface area (Å²) < 4.78 is 1.80. The smallest absolute Gasteiger partial charge is 0.319 e. The second-order valence-electron chi connectivity index (χ2n) is 6.43. The number of nitrogens with one attached hydrogen (secondary N) is 2. The monoisotopic (exact) mass is 328 g/mol. The lowest BCUT2D eigenvalue weighted by Crippen LogP contribution is -2.46. The van der Waals surface area contributed by atoms with Gasteiger partial charge in [0.2, 0.25) is 0 Å². The third-order valence-electron chi connectivity index (χ3n) is 4.65. The number of urea groups is 1. The van der Waals surface area contributed by atoms with Crippen molar-refractivity contribution in [1.82, 2.24) is 15.1 Å². The summed E-state index contributed by atoms with van der Waals surface area (Å²) in [6.45, 7) is 1.96. The van der Waals surface area contributed by atoms with Crippen molar-refractivity contribution in [3.8, 4) is 11.3 Å². The molecule has 1 heterocycles. The van der Waals surface area contributed by atoms with E-state index in [2.05, 4.69) is 15.7 Å². The van der Waals surface area contributed by atoms with Crippen molar-refractivity contribution in [2.75, 3.05) is 5.32 Å². The van der Waals surface area contributed by atoms with E-state index in [4.69, 9.17) is 0 Å². The molecule has 0 aliphatic heterocycles. The van der Waals surface area contributed by atoms with Crippen molar-refractivity contribution >= 4 is 11.7 Å². The molecule has 24 heavy (non-hydrogen) atoms. The number of aliphatic hydroxyl groups excluding tert-OH is 1. The van der Waals surface area contributed by atoms with E-state index in [1.165, 1.54) is 0 Å². The van der Waals surface area contributed by atoms with Crippen LogP contribution in [0.15, 0.2) is 30.5 Å². The normalized spacial score (nSPS) is 20.6. The molecule has 2 amide bonds. The predicted octanol–water partition coefficient (Wildman–Crippen LogP) is 2.82. The molecule has 0 radical (unpaired) electrons. The van der Waals surface area contributed by atoms with Crippen molar-refractivity contribution in [1.29, 1.82) is 0 Å². The molecule has 1 aromatic carbocycles. The molecule has 6 heteroatoms. The van der Waals surface area contributed by atoms with Gasteiger partial charge in [-0.05, 0) is 37.5 Å². The molecule has 1 aliphatic carbocycles. The van der Waals surface area contributed by atoms with Crippen LogP contribution in [-0.4, -0.2) is 33.1 Å². The zero-order valence-corrected chi connectivity index (χ0v) is 14.1. The van der Waals surface area contributed by atoms with Gasteiger partial charge in [0.05, 0.1) is 17.8 Å². The maximum atomic E-state index is 12.3. The Hall–Kier alpha value is -2.34. The van der Waals surface area contributed by atoms with Gasteiger partial charge in [0, 0.05) is 24.5 Å². The Kier molecular flexibility index (Phi) is 4.85. The average Bonchev–Trinajstić information content (AvgIpc) is 2.98. The lowest BCUT2D eigenvalue weighted by atomic mass is 9.93. The highest BCUT2D eigenvalue weighted by Gasteiger charge is 2.24. The quantitative estimate of drug-likeness (QED) is 0.810. The van der Waals surface area contributed by atoms with Crippen LogP contribution in [0.3, 0.4) is 0 Å². The predicted molar refractivity (Wildman–Crippen MR) is 93.8 cm³/mol. The van der Waals surface area contributed by atoms with Crippen molar-refractivity contribution in [2.45, 2.75) is 44.8 Å². The lowest BCUT2D eigenvalue weighted by molar-refractivity contribution is 0.0955. The number of hydrogen-bond acceptors (Lipinski definition) is 3. The Morgan fingerprint density at radius 2 is 2.08 bits per heavy atom. The molecule has 1 aromatic heterocycles. The largest absolute Gasteiger partial charge is 0.391 e. The van der Waals surface area contributed by atoms with Gasteiger partial charge in [-0.3, -0.25) is 4.68 Å². The number of hydrogen-bond donors (Lipinski definition) is 3. The van der Waals surface area contributed by atoms with Crippen LogP contribution in [-0.2, 0) is 7.05 Å². The first-order chi connectivity index (χ1) is 11.5. The van der Waals surface area contributed by atoms with Crippen LogP contribution >= 0.6 is 0 Å². The fourth-order valence-electron chi connectivity index (χ4n) is 3.18. The highest BCUT2D eigenvalue weighted by Crippen LogP contribution is 2.25. The van der Waals surface area contributed by atoms with Gasteiger partial charge < -0.3 is 15.7 Å². The second kappa shape index (κ2) is 7.05. The summed E-state index contributed by atoms with van der Waals surface area (Å²) in [5, 5.41) is 20.0. The highest BCUT2D eigenvalue weighted by atomic mass is 16.3. The van der Waals surface area contributed by atoms with E-state index in [0.717, 1.165) is 48.2 Å². The summed E-state index contributed by atoms with van der Waals surface area (Å²) in [6, 6.07) is 7.44. The molecule has 1 saturated carbocycles. The van der Waals surface area contributed by atoms with Gasteiger partial charge in [-0.25, -0.2) is 4.79 Å². The van der Waals surface area contributed by atoms with E-state index >= 15 is 0 Å². The van der Waals surface area contributed by atoms with Gasteiger partial charge in [-0.15, -0.1) is 0 Å². The first-order valence-corrected chi connectivity index (χ1v) is 8.39. The zero-order chi connectivity index (χ0) is 17.1. The zero-order valence-electron chi connectivity index (χ0n) is 14.1. The molecule has 0 saturated heterocycles. The van der Waals surface area contributed by atoms with Crippen molar-refractivity contribution in [3.63, 3.8) is 0 Å². The third-order valence-corrected chi connectivity index (χ3v) is 4.65. The molecule has 2 aromatic rings. The summed E-state index contributed by atoms with van der Waals surface area (Å²) in [5.74, 6) is 0. The summed E-state index contributed by atoms with van der Waals surface area (Å²) in [6.07, 6.45) is 4.93. The standard InChI is InChI=1S/C18H24N4O2/c1-12-7-8-13(16-9-10-19-22(16)2)11-15(12)21-18(24)20-14-5-3-4-6-17(14)23/h7-11,14,17,23H,3-6H2,1-2H3,(H2,20,21,24)/t14-,17-/m1/s1. The van der Waals surface area contributed by atoms with Gasteiger partial charge >= 0.3 is 6.03 Å². The Balaban J connectivity index is 1.72. The topological polar surface area (TPSA) is 79.2 Å². The fourth-order valence-corrected chi connectivity index (χ4v) is 3.18. The molecule has 3 N–H and O–H groups in total. The summed E-state index contributed by atoms with van der Waals surface area (Å²) >= 11 is 0. The molecule has 0 unspecified atom stereocenters. The minimum absolute atomic E-state index is 0.167. The van der Waals surface area contributed by atoms with Gasteiger partial charge in [-0.1, -0.05) is 25.0 Å². The SMILES string of the molecule is Cc1ccc(-c2ccnn2C)cc1NC(=O)N[C@@H]1CCCC[C@H]1O. The first kappa shape index (κ1) is 16.5. The molecular formula is C18H24N4O2. The molecule has 1 fully saturated rings. The number of amides is 2. The number of aryl methyl sites for hydroxylation is 2. The van der Waals surface area contributed by atoms with Crippen LogP contribution < -0.4 is 10.6 Å². The van der Waals surface area contributed by atoms with E-state index in [1.807, 2.05) is 38.2 Å². The number of carbonyl (C=O) groups excluding carboxylic acids is 1. The van der Waals surface area contributed by atoms with E-state index in [9.17, 15) is 9.90 Å². The molecule has 0 spiro atoms. The Morgan fingerprint density at radius 1 is 1.29 bits per heavy atom. The molecule has 128 valence electrons. The average molecular weight is 328 g/mol. The van der Waals surface area contributed by atoms with Crippen LogP contribution in [0.2, 0.25) is 0 Å². The van der Waals surface area contributed by atoms with Crippen LogP contribution in [0.25, 0.3) is 11.3 Å². The number of aromatic nitrogens is 2. The van der Waals surface area contributed by atoms with Crippen molar-refractivity contribution in [2.24, 2.45) is 7.05 Å². The molecule has 2 atom stereocenters. The van der Waals surface area contributed by atoms with E-state index in [0.29, 0.717) is 0 Å². The van der Waals surface area contributed by atoms with Crippen LogP contribution in [0.5, 0.6) is 0 Å². The minimum Gasteiger partial charge on any atom is -0.391 e. The summed E-state index contributed by atoms with van der Waals surface area (Å²) in [5.41, 5.74) is 3.73. The van der Waals surface area contributed by atoms with Gasteiger partial charge in [-0.2, -0.15) is 5.10 Å². The lowest BCUT2D eigenvalue weighted by Gasteiger charge is -2.28. The van der Waals surface area contributed by atoms with Crippen molar-refractivity contribution < 1.29 is 9.90 Å². The number of benzene rings is 1. The number of aliphatic hydroxyl groups is 1. The van der Waals surface area contributed by atoms with Crippen LogP contribution in [0.1, 0.15) is 31.2 Å². The molecular weight excluding hydrogens is 304 g/mol. The van der Waals surface area contributed by atoms with E-state index in [1.54, 1.807) is 10.9 Å².